The molecule has 25 heavy (non-hydrogen) atoms. The lowest BCUT2D eigenvalue weighted by atomic mass is 10.1. The number of benzene rings is 2. The van der Waals surface area contributed by atoms with E-state index in [9.17, 15) is 0 Å². The summed E-state index contributed by atoms with van der Waals surface area (Å²) in [5.41, 5.74) is 7.89. The van der Waals surface area contributed by atoms with Gasteiger partial charge in [0.25, 0.3) is 0 Å². The van der Waals surface area contributed by atoms with Gasteiger partial charge in [-0.2, -0.15) is 4.98 Å². The lowest BCUT2D eigenvalue weighted by Crippen LogP contribution is -2.18. The summed E-state index contributed by atoms with van der Waals surface area (Å²) in [6, 6.07) is 21.6. The second kappa shape index (κ2) is 8.46. The standard InChI is InChI=1S/C19H19ClN4O/c20-17-11-18(24-19(21)23-17)22-16(15-9-5-2-6-10-15)13-25-12-14-7-3-1-4-8-14/h1-11,16H,12-13H2,(H3,21,22,23,24). The van der Waals surface area contributed by atoms with E-state index in [0.717, 1.165) is 11.1 Å². The molecule has 1 unspecified atom stereocenters. The van der Waals surface area contributed by atoms with Crippen LogP contribution in [0.5, 0.6) is 0 Å². The number of anilines is 2. The number of nitrogens with two attached hydrogens (primary N) is 1. The number of rotatable bonds is 7. The van der Waals surface area contributed by atoms with Crippen LogP contribution in [-0.2, 0) is 11.3 Å². The largest absolute Gasteiger partial charge is 0.374 e. The van der Waals surface area contributed by atoms with E-state index in [-0.39, 0.29) is 12.0 Å². The fourth-order valence-electron chi connectivity index (χ4n) is 2.46. The lowest BCUT2D eigenvalue weighted by Gasteiger charge is -2.20. The Morgan fingerprint density at radius 1 is 1.00 bits per heavy atom. The van der Waals surface area contributed by atoms with Crippen molar-refractivity contribution in [1.82, 2.24) is 9.97 Å². The van der Waals surface area contributed by atoms with Crippen molar-refractivity contribution in [2.75, 3.05) is 17.7 Å². The van der Waals surface area contributed by atoms with Crippen LogP contribution >= 0.6 is 11.6 Å². The van der Waals surface area contributed by atoms with Crippen molar-refractivity contribution in [3.05, 3.63) is 83.0 Å². The SMILES string of the molecule is Nc1nc(Cl)cc(NC(COCc2ccccc2)c2ccccc2)n1. The number of nitrogen functional groups attached to an aromatic ring is 1. The van der Waals surface area contributed by atoms with Gasteiger partial charge in [-0.1, -0.05) is 72.3 Å². The number of hydrogen-bond donors (Lipinski definition) is 2. The highest BCUT2D eigenvalue weighted by Gasteiger charge is 2.13. The first-order valence-electron chi connectivity index (χ1n) is 7.94. The third kappa shape index (κ3) is 5.17. The molecule has 1 heterocycles. The molecule has 3 N–H and O–H groups in total. The number of ether oxygens (including phenoxy) is 1. The Morgan fingerprint density at radius 3 is 2.36 bits per heavy atom. The van der Waals surface area contributed by atoms with Crippen LogP contribution < -0.4 is 11.1 Å². The first-order chi connectivity index (χ1) is 12.2. The number of halogens is 1. The minimum atomic E-state index is -0.0877. The fraction of sp³-hybridized carbons (Fsp3) is 0.158. The van der Waals surface area contributed by atoms with Gasteiger partial charge in [0.2, 0.25) is 5.95 Å². The molecule has 1 aromatic heterocycles. The van der Waals surface area contributed by atoms with Crippen LogP contribution in [0.25, 0.3) is 0 Å². The summed E-state index contributed by atoms with van der Waals surface area (Å²) in [6.45, 7) is 1.01. The maximum absolute atomic E-state index is 5.96. The second-order valence-corrected chi connectivity index (χ2v) is 5.93. The average molecular weight is 355 g/mol. The van der Waals surface area contributed by atoms with Crippen LogP contribution in [0.3, 0.4) is 0 Å². The van der Waals surface area contributed by atoms with E-state index in [4.69, 9.17) is 22.1 Å². The summed E-state index contributed by atoms with van der Waals surface area (Å²) < 4.78 is 5.90. The molecule has 128 valence electrons. The molecule has 3 rings (SSSR count). The molecule has 6 heteroatoms. The summed E-state index contributed by atoms with van der Waals surface area (Å²) in [5.74, 6) is 0.696. The molecular weight excluding hydrogens is 336 g/mol. The van der Waals surface area contributed by atoms with E-state index in [2.05, 4.69) is 15.3 Å². The van der Waals surface area contributed by atoms with Crippen LogP contribution in [0.2, 0.25) is 5.15 Å². The van der Waals surface area contributed by atoms with Gasteiger partial charge >= 0.3 is 0 Å². The molecule has 0 aliphatic carbocycles. The van der Waals surface area contributed by atoms with Gasteiger partial charge in [-0.25, -0.2) is 4.98 Å². The molecular formula is C19H19ClN4O. The van der Waals surface area contributed by atoms with E-state index in [0.29, 0.717) is 24.2 Å². The highest BCUT2D eigenvalue weighted by Crippen LogP contribution is 2.21. The zero-order chi connectivity index (χ0) is 17.5. The van der Waals surface area contributed by atoms with Gasteiger partial charge in [0.1, 0.15) is 11.0 Å². The predicted octanol–water partition coefficient (Wildman–Crippen LogP) is 4.08. The number of hydrogen-bond acceptors (Lipinski definition) is 5. The molecule has 3 aromatic rings. The van der Waals surface area contributed by atoms with Crippen LogP contribution in [0, 0.1) is 0 Å². The fourth-order valence-corrected chi connectivity index (χ4v) is 2.65. The van der Waals surface area contributed by atoms with Crippen molar-refractivity contribution in [3.63, 3.8) is 0 Å². The third-order valence-corrected chi connectivity index (χ3v) is 3.83. The number of nitrogens with zero attached hydrogens (tertiary/aromatic N) is 2. The Balaban J connectivity index is 1.71. The molecule has 0 saturated heterocycles. The van der Waals surface area contributed by atoms with Gasteiger partial charge in [0.05, 0.1) is 19.3 Å². The van der Waals surface area contributed by atoms with Crippen molar-refractivity contribution in [2.24, 2.45) is 0 Å². The third-order valence-electron chi connectivity index (χ3n) is 3.63. The lowest BCUT2D eigenvalue weighted by molar-refractivity contribution is 0.112. The summed E-state index contributed by atoms with van der Waals surface area (Å²) in [4.78, 5) is 8.06. The molecule has 0 amide bonds. The van der Waals surface area contributed by atoms with Crippen molar-refractivity contribution in [1.29, 1.82) is 0 Å². The Morgan fingerprint density at radius 2 is 1.68 bits per heavy atom. The van der Waals surface area contributed by atoms with Crippen LogP contribution in [0.15, 0.2) is 66.7 Å². The predicted molar refractivity (Wildman–Crippen MR) is 100 cm³/mol. The molecule has 0 aliphatic rings. The van der Waals surface area contributed by atoms with Gasteiger partial charge in [0.15, 0.2) is 0 Å². The Kier molecular flexibility index (Phi) is 5.82. The summed E-state index contributed by atoms with van der Waals surface area (Å²) in [7, 11) is 0. The first-order valence-corrected chi connectivity index (χ1v) is 8.32. The molecule has 2 aromatic carbocycles. The van der Waals surface area contributed by atoms with Crippen LogP contribution in [0.4, 0.5) is 11.8 Å². The van der Waals surface area contributed by atoms with Gasteiger partial charge < -0.3 is 15.8 Å². The maximum atomic E-state index is 5.96. The molecule has 0 aliphatic heterocycles. The van der Waals surface area contributed by atoms with Crippen LogP contribution in [0.1, 0.15) is 17.2 Å². The highest BCUT2D eigenvalue weighted by atomic mass is 35.5. The minimum Gasteiger partial charge on any atom is -0.374 e. The highest BCUT2D eigenvalue weighted by molar-refractivity contribution is 6.29. The monoisotopic (exact) mass is 354 g/mol. The molecule has 0 fully saturated rings. The van der Waals surface area contributed by atoms with E-state index in [1.807, 2.05) is 60.7 Å². The van der Waals surface area contributed by atoms with E-state index < -0.39 is 0 Å². The van der Waals surface area contributed by atoms with E-state index in [1.54, 1.807) is 6.07 Å². The maximum Gasteiger partial charge on any atom is 0.223 e. The van der Waals surface area contributed by atoms with E-state index in [1.165, 1.54) is 0 Å². The quantitative estimate of drug-likeness (QED) is 0.625. The topological polar surface area (TPSA) is 73.1 Å². The number of aromatic nitrogens is 2. The van der Waals surface area contributed by atoms with Crippen molar-refractivity contribution < 1.29 is 4.74 Å². The minimum absolute atomic E-state index is 0.0877. The van der Waals surface area contributed by atoms with Gasteiger partial charge in [-0.05, 0) is 11.1 Å². The van der Waals surface area contributed by atoms with Gasteiger partial charge in [-0.15, -0.1) is 0 Å². The van der Waals surface area contributed by atoms with Crippen molar-refractivity contribution in [2.45, 2.75) is 12.6 Å². The zero-order valence-corrected chi connectivity index (χ0v) is 14.4. The normalized spacial score (nSPS) is 11.9. The Labute approximate surface area is 151 Å². The van der Waals surface area contributed by atoms with Crippen molar-refractivity contribution >= 4 is 23.4 Å². The molecule has 0 saturated carbocycles. The average Bonchev–Trinajstić information content (AvgIpc) is 2.62. The summed E-state index contributed by atoms with van der Waals surface area (Å²) in [6.07, 6.45) is 0. The molecule has 0 radical (unpaired) electrons. The molecule has 1 atom stereocenters. The van der Waals surface area contributed by atoms with Gasteiger partial charge in [-0.3, -0.25) is 0 Å². The molecule has 0 spiro atoms. The van der Waals surface area contributed by atoms with E-state index >= 15 is 0 Å². The molecule has 0 bridgehead atoms. The zero-order valence-electron chi connectivity index (χ0n) is 13.6. The Bertz CT molecular complexity index is 779. The van der Waals surface area contributed by atoms with Crippen molar-refractivity contribution in [3.8, 4) is 0 Å². The molecule has 5 nitrogen and oxygen atoms in total. The summed E-state index contributed by atoms with van der Waals surface area (Å²) >= 11 is 5.96. The van der Waals surface area contributed by atoms with Gasteiger partial charge in [0, 0.05) is 6.07 Å². The summed E-state index contributed by atoms with van der Waals surface area (Å²) in [5, 5.41) is 3.62. The smallest absolute Gasteiger partial charge is 0.223 e. The van der Waals surface area contributed by atoms with Crippen LogP contribution in [-0.4, -0.2) is 16.6 Å². The first kappa shape index (κ1) is 17.2. The number of nitrogens with one attached hydrogen (secondary N) is 1. The Hall–Kier alpha value is -2.63. The second-order valence-electron chi connectivity index (χ2n) is 5.54.